The normalized spacial score (nSPS) is 14.8. The maximum absolute atomic E-state index is 4.85. The van der Waals surface area contributed by atoms with E-state index in [0.29, 0.717) is 5.92 Å². The Labute approximate surface area is 120 Å². The molecule has 1 aliphatic rings. The smallest absolute Gasteiger partial charge is 0.111 e. The summed E-state index contributed by atoms with van der Waals surface area (Å²) in [5.74, 6) is 1.67. The van der Waals surface area contributed by atoms with E-state index < -0.39 is 0 Å². The van der Waals surface area contributed by atoms with E-state index in [2.05, 4.69) is 47.5 Å². The third-order valence-electron chi connectivity index (χ3n) is 4.05. The maximum Gasteiger partial charge on any atom is 0.111 e. The molecule has 2 aromatic heterocycles. The molecule has 0 aliphatic carbocycles. The molecule has 0 radical (unpaired) electrons. The number of aryl methyl sites for hydroxylation is 1. The summed E-state index contributed by atoms with van der Waals surface area (Å²) < 4.78 is 2.29. The van der Waals surface area contributed by atoms with Crippen molar-refractivity contribution in [1.29, 1.82) is 0 Å². The summed E-state index contributed by atoms with van der Waals surface area (Å²) in [5, 5.41) is 0. The lowest BCUT2D eigenvalue weighted by molar-refractivity contribution is 0.662. The first-order valence-electron chi connectivity index (χ1n) is 7.28. The number of aromatic nitrogens is 3. The third-order valence-corrected chi connectivity index (χ3v) is 4.05. The minimum atomic E-state index is 0.474. The zero-order valence-electron chi connectivity index (χ0n) is 12.7. The highest BCUT2D eigenvalue weighted by molar-refractivity contribution is 5.48. The van der Waals surface area contributed by atoms with Crippen LogP contribution in [0.15, 0.2) is 18.3 Å². The van der Waals surface area contributed by atoms with Crippen LogP contribution in [0.3, 0.4) is 0 Å². The van der Waals surface area contributed by atoms with Gasteiger partial charge in [0.2, 0.25) is 0 Å². The molecule has 0 saturated carbocycles. The van der Waals surface area contributed by atoms with Gasteiger partial charge in [0.1, 0.15) is 5.82 Å². The van der Waals surface area contributed by atoms with Crippen molar-refractivity contribution in [3.8, 4) is 0 Å². The highest BCUT2D eigenvalue weighted by atomic mass is 15.2. The summed E-state index contributed by atoms with van der Waals surface area (Å²) in [6.45, 7) is 8.40. The first-order chi connectivity index (χ1) is 9.56. The molecule has 0 spiro atoms. The molecule has 4 heteroatoms. The van der Waals surface area contributed by atoms with Crippen molar-refractivity contribution in [2.24, 2.45) is 7.05 Å². The quantitative estimate of drug-likeness (QED) is 0.841. The zero-order chi connectivity index (χ0) is 14.3. The van der Waals surface area contributed by atoms with Crippen LogP contribution < -0.4 is 4.90 Å². The van der Waals surface area contributed by atoms with Gasteiger partial charge >= 0.3 is 0 Å². The number of rotatable bonds is 2. The Morgan fingerprint density at radius 1 is 1.30 bits per heavy atom. The van der Waals surface area contributed by atoms with Crippen molar-refractivity contribution in [3.05, 3.63) is 41.2 Å². The Morgan fingerprint density at radius 3 is 2.80 bits per heavy atom. The molecule has 0 aromatic carbocycles. The summed E-state index contributed by atoms with van der Waals surface area (Å²) in [7, 11) is 2.15. The fourth-order valence-corrected chi connectivity index (χ4v) is 3.01. The first-order valence-corrected chi connectivity index (χ1v) is 7.28. The average Bonchev–Trinajstić information content (AvgIpc) is 2.76. The second-order valence-corrected chi connectivity index (χ2v) is 5.90. The van der Waals surface area contributed by atoms with Crippen LogP contribution in [0.5, 0.6) is 0 Å². The SMILES string of the molecule is Cc1cc(N2CCc3c(nc(C(C)C)n3C)C2)ccn1. The van der Waals surface area contributed by atoms with Crippen LogP contribution in [0, 0.1) is 6.92 Å². The van der Waals surface area contributed by atoms with Gasteiger partial charge in [-0.1, -0.05) is 13.8 Å². The van der Waals surface area contributed by atoms with Crippen molar-refractivity contribution < 1.29 is 0 Å². The standard InChI is InChI=1S/C16H22N4/c1-11(2)16-18-14-10-20(8-6-15(14)19(16)4)13-5-7-17-12(3)9-13/h5,7,9,11H,6,8,10H2,1-4H3. The number of hydrogen-bond donors (Lipinski definition) is 0. The number of pyridine rings is 1. The topological polar surface area (TPSA) is 34.0 Å². The molecular weight excluding hydrogens is 248 g/mol. The number of hydrogen-bond acceptors (Lipinski definition) is 3. The van der Waals surface area contributed by atoms with Crippen LogP contribution in [0.4, 0.5) is 5.69 Å². The van der Waals surface area contributed by atoms with Crippen LogP contribution in [-0.4, -0.2) is 21.1 Å². The molecule has 0 fully saturated rings. The fourth-order valence-electron chi connectivity index (χ4n) is 3.01. The lowest BCUT2D eigenvalue weighted by atomic mass is 10.1. The Kier molecular flexibility index (Phi) is 3.24. The van der Waals surface area contributed by atoms with E-state index in [1.165, 1.54) is 22.9 Å². The van der Waals surface area contributed by atoms with E-state index in [1.807, 2.05) is 13.1 Å². The van der Waals surface area contributed by atoms with E-state index >= 15 is 0 Å². The lowest BCUT2D eigenvalue weighted by Gasteiger charge is -2.28. The minimum absolute atomic E-state index is 0.474. The van der Waals surface area contributed by atoms with Gasteiger partial charge in [-0.15, -0.1) is 0 Å². The number of fused-ring (bicyclic) bond motifs is 1. The van der Waals surface area contributed by atoms with Gasteiger partial charge in [0, 0.05) is 49.2 Å². The van der Waals surface area contributed by atoms with Gasteiger partial charge in [-0.2, -0.15) is 0 Å². The molecule has 0 unspecified atom stereocenters. The molecule has 0 N–H and O–H groups in total. The fraction of sp³-hybridized carbons (Fsp3) is 0.500. The molecule has 2 aromatic rings. The Hall–Kier alpha value is -1.84. The Morgan fingerprint density at radius 2 is 2.10 bits per heavy atom. The summed E-state index contributed by atoms with van der Waals surface area (Å²) in [4.78, 5) is 11.5. The largest absolute Gasteiger partial charge is 0.365 e. The summed E-state index contributed by atoms with van der Waals surface area (Å²) in [6.07, 6.45) is 2.95. The third kappa shape index (κ3) is 2.19. The molecule has 1 aliphatic heterocycles. The van der Waals surface area contributed by atoms with Crippen molar-refractivity contribution >= 4 is 5.69 Å². The predicted octanol–water partition coefficient (Wildman–Crippen LogP) is 2.81. The molecule has 20 heavy (non-hydrogen) atoms. The molecule has 0 saturated heterocycles. The van der Waals surface area contributed by atoms with E-state index in [1.54, 1.807) is 0 Å². The monoisotopic (exact) mass is 270 g/mol. The van der Waals surface area contributed by atoms with Gasteiger partial charge < -0.3 is 9.47 Å². The summed E-state index contributed by atoms with van der Waals surface area (Å²) in [5.41, 5.74) is 4.95. The van der Waals surface area contributed by atoms with Gasteiger partial charge in [0.15, 0.2) is 0 Å². The molecule has 0 bridgehead atoms. The van der Waals surface area contributed by atoms with Gasteiger partial charge in [-0.25, -0.2) is 4.98 Å². The van der Waals surface area contributed by atoms with Crippen molar-refractivity contribution in [2.45, 2.75) is 39.7 Å². The Balaban J connectivity index is 1.91. The van der Waals surface area contributed by atoms with Crippen LogP contribution in [0.25, 0.3) is 0 Å². The summed E-state index contributed by atoms with van der Waals surface area (Å²) in [6, 6.07) is 4.24. The second-order valence-electron chi connectivity index (χ2n) is 5.90. The predicted molar refractivity (Wildman–Crippen MR) is 81.0 cm³/mol. The molecular formula is C16H22N4. The molecule has 106 valence electrons. The van der Waals surface area contributed by atoms with E-state index in [-0.39, 0.29) is 0 Å². The number of anilines is 1. The van der Waals surface area contributed by atoms with Gasteiger partial charge in [0.05, 0.1) is 12.2 Å². The van der Waals surface area contributed by atoms with Crippen molar-refractivity contribution in [2.75, 3.05) is 11.4 Å². The molecule has 0 amide bonds. The van der Waals surface area contributed by atoms with Gasteiger partial charge in [0.25, 0.3) is 0 Å². The highest BCUT2D eigenvalue weighted by Gasteiger charge is 2.23. The van der Waals surface area contributed by atoms with Crippen LogP contribution >= 0.6 is 0 Å². The minimum Gasteiger partial charge on any atom is -0.365 e. The Bertz CT molecular complexity index is 627. The van der Waals surface area contributed by atoms with Gasteiger partial charge in [-0.05, 0) is 19.1 Å². The molecule has 3 heterocycles. The second kappa shape index (κ2) is 4.93. The molecule has 4 nitrogen and oxygen atoms in total. The maximum atomic E-state index is 4.85. The average molecular weight is 270 g/mol. The lowest BCUT2D eigenvalue weighted by Crippen LogP contribution is -2.31. The van der Waals surface area contributed by atoms with Crippen LogP contribution in [0.2, 0.25) is 0 Å². The van der Waals surface area contributed by atoms with Crippen molar-refractivity contribution in [1.82, 2.24) is 14.5 Å². The van der Waals surface area contributed by atoms with Crippen LogP contribution in [0.1, 0.15) is 42.7 Å². The molecule has 3 rings (SSSR count). The highest BCUT2D eigenvalue weighted by Crippen LogP contribution is 2.26. The number of imidazole rings is 1. The molecule has 0 atom stereocenters. The van der Waals surface area contributed by atoms with E-state index in [9.17, 15) is 0 Å². The summed E-state index contributed by atoms with van der Waals surface area (Å²) >= 11 is 0. The number of nitrogens with zero attached hydrogens (tertiary/aromatic N) is 4. The van der Waals surface area contributed by atoms with Crippen molar-refractivity contribution in [3.63, 3.8) is 0 Å². The van der Waals surface area contributed by atoms with Gasteiger partial charge in [-0.3, -0.25) is 4.98 Å². The van der Waals surface area contributed by atoms with E-state index in [0.717, 1.165) is 25.2 Å². The van der Waals surface area contributed by atoms with Crippen LogP contribution in [-0.2, 0) is 20.0 Å². The van der Waals surface area contributed by atoms with E-state index in [4.69, 9.17) is 4.98 Å². The first kappa shape index (κ1) is 13.2. The zero-order valence-corrected chi connectivity index (χ0v) is 12.7.